The standard InChI is InChI=1S/C13H18N2/c1-10-5-3-6-11-12(10)14-9-13(15(11)2)7-4-8-13/h3,5-6,14H,4,7-9H2,1-2H3. The van der Waals surface area contributed by atoms with Crippen LogP contribution in [0.1, 0.15) is 24.8 Å². The Hall–Kier alpha value is -1.18. The predicted molar refractivity (Wildman–Crippen MR) is 64.7 cm³/mol. The third-order valence-corrected chi connectivity index (χ3v) is 4.20. The first-order chi connectivity index (χ1) is 7.23. The Balaban J connectivity index is 2.06. The SMILES string of the molecule is Cc1cccc2c1NCC1(CCC1)N2C. The minimum absolute atomic E-state index is 0.417. The second-order valence-electron chi connectivity index (χ2n) is 4.96. The fraction of sp³-hybridized carbons (Fsp3) is 0.538. The van der Waals surface area contributed by atoms with Crippen LogP contribution >= 0.6 is 0 Å². The van der Waals surface area contributed by atoms with Crippen LogP contribution in [0.5, 0.6) is 0 Å². The van der Waals surface area contributed by atoms with Crippen molar-refractivity contribution in [2.45, 2.75) is 31.7 Å². The van der Waals surface area contributed by atoms with Gasteiger partial charge in [0.15, 0.2) is 0 Å². The van der Waals surface area contributed by atoms with Gasteiger partial charge in [-0.05, 0) is 37.8 Å². The van der Waals surface area contributed by atoms with Gasteiger partial charge >= 0.3 is 0 Å². The number of hydrogen-bond donors (Lipinski definition) is 1. The van der Waals surface area contributed by atoms with Gasteiger partial charge < -0.3 is 10.2 Å². The van der Waals surface area contributed by atoms with Gasteiger partial charge in [0.05, 0.1) is 16.9 Å². The van der Waals surface area contributed by atoms with Gasteiger partial charge in [0.1, 0.15) is 0 Å². The Morgan fingerprint density at radius 3 is 2.80 bits per heavy atom. The van der Waals surface area contributed by atoms with Crippen LogP contribution in [-0.4, -0.2) is 19.1 Å². The third-order valence-electron chi connectivity index (χ3n) is 4.20. The smallest absolute Gasteiger partial charge is 0.0608 e. The number of hydrogen-bond acceptors (Lipinski definition) is 2. The van der Waals surface area contributed by atoms with E-state index in [0.29, 0.717) is 5.54 Å². The zero-order valence-electron chi connectivity index (χ0n) is 9.51. The largest absolute Gasteiger partial charge is 0.381 e. The summed E-state index contributed by atoms with van der Waals surface area (Å²) in [4.78, 5) is 2.50. The van der Waals surface area contributed by atoms with Crippen LogP contribution in [0.3, 0.4) is 0 Å². The lowest BCUT2D eigenvalue weighted by Crippen LogP contribution is -2.59. The van der Waals surface area contributed by atoms with Crippen LogP contribution in [0, 0.1) is 6.92 Å². The summed E-state index contributed by atoms with van der Waals surface area (Å²) in [5, 5.41) is 3.61. The first-order valence-electron chi connectivity index (χ1n) is 5.80. The van der Waals surface area contributed by atoms with Crippen molar-refractivity contribution in [3.63, 3.8) is 0 Å². The van der Waals surface area contributed by atoms with E-state index in [1.54, 1.807) is 0 Å². The molecule has 1 N–H and O–H groups in total. The van der Waals surface area contributed by atoms with Crippen LogP contribution < -0.4 is 10.2 Å². The number of likely N-dealkylation sites (N-methyl/N-ethyl adjacent to an activating group) is 1. The number of benzene rings is 1. The van der Waals surface area contributed by atoms with E-state index in [9.17, 15) is 0 Å². The Morgan fingerprint density at radius 1 is 1.33 bits per heavy atom. The summed E-state index contributed by atoms with van der Waals surface area (Å²) in [6, 6.07) is 6.57. The fourth-order valence-electron chi connectivity index (χ4n) is 2.89. The van der Waals surface area contributed by atoms with Gasteiger partial charge in [-0.1, -0.05) is 12.1 Å². The van der Waals surface area contributed by atoms with Crippen LogP contribution in [0.15, 0.2) is 18.2 Å². The zero-order chi connectivity index (χ0) is 10.5. The zero-order valence-corrected chi connectivity index (χ0v) is 9.51. The molecule has 1 spiro atoms. The summed E-state index contributed by atoms with van der Waals surface area (Å²) in [7, 11) is 2.25. The van der Waals surface area contributed by atoms with Crippen LogP contribution in [0.25, 0.3) is 0 Å². The summed E-state index contributed by atoms with van der Waals surface area (Å²) < 4.78 is 0. The Labute approximate surface area is 91.3 Å². The molecule has 1 aliphatic carbocycles. The first kappa shape index (κ1) is 9.08. The molecule has 80 valence electrons. The molecule has 0 radical (unpaired) electrons. The van der Waals surface area contributed by atoms with Gasteiger partial charge in [-0.15, -0.1) is 0 Å². The molecule has 1 aromatic rings. The van der Waals surface area contributed by atoms with Gasteiger partial charge in [-0.3, -0.25) is 0 Å². The topological polar surface area (TPSA) is 15.3 Å². The predicted octanol–water partition coefficient (Wildman–Crippen LogP) is 2.78. The minimum Gasteiger partial charge on any atom is -0.381 e. The van der Waals surface area contributed by atoms with Crippen molar-refractivity contribution in [2.75, 3.05) is 23.8 Å². The average molecular weight is 202 g/mol. The molecule has 1 aromatic carbocycles. The normalized spacial score (nSPS) is 21.9. The maximum absolute atomic E-state index is 3.61. The molecule has 0 atom stereocenters. The van der Waals surface area contributed by atoms with E-state index in [-0.39, 0.29) is 0 Å². The monoisotopic (exact) mass is 202 g/mol. The van der Waals surface area contributed by atoms with Crippen molar-refractivity contribution in [1.82, 2.24) is 0 Å². The van der Waals surface area contributed by atoms with E-state index in [2.05, 4.69) is 42.4 Å². The molecule has 0 saturated heterocycles. The van der Waals surface area contributed by atoms with E-state index in [1.165, 1.54) is 36.2 Å². The molecular formula is C13H18N2. The molecule has 1 heterocycles. The molecule has 15 heavy (non-hydrogen) atoms. The molecule has 0 aromatic heterocycles. The van der Waals surface area contributed by atoms with Crippen molar-refractivity contribution >= 4 is 11.4 Å². The van der Waals surface area contributed by atoms with E-state index < -0.39 is 0 Å². The molecule has 1 aliphatic heterocycles. The molecular weight excluding hydrogens is 184 g/mol. The van der Waals surface area contributed by atoms with Gasteiger partial charge in [-0.2, -0.15) is 0 Å². The maximum Gasteiger partial charge on any atom is 0.0608 e. The number of nitrogens with one attached hydrogen (secondary N) is 1. The number of nitrogens with zero attached hydrogens (tertiary/aromatic N) is 1. The minimum atomic E-state index is 0.417. The molecule has 1 saturated carbocycles. The summed E-state index contributed by atoms with van der Waals surface area (Å²) in [5.74, 6) is 0. The van der Waals surface area contributed by atoms with E-state index >= 15 is 0 Å². The van der Waals surface area contributed by atoms with Gasteiger partial charge in [-0.25, -0.2) is 0 Å². The summed E-state index contributed by atoms with van der Waals surface area (Å²) in [6.45, 7) is 3.29. The van der Waals surface area contributed by atoms with Crippen molar-refractivity contribution in [2.24, 2.45) is 0 Å². The van der Waals surface area contributed by atoms with Crippen LogP contribution in [-0.2, 0) is 0 Å². The summed E-state index contributed by atoms with van der Waals surface area (Å²) in [6.07, 6.45) is 4.06. The fourth-order valence-corrected chi connectivity index (χ4v) is 2.89. The van der Waals surface area contributed by atoms with Crippen molar-refractivity contribution in [3.05, 3.63) is 23.8 Å². The molecule has 2 aliphatic rings. The first-order valence-corrected chi connectivity index (χ1v) is 5.80. The van der Waals surface area contributed by atoms with E-state index in [1.807, 2.05) is 0 Å². The maximum atomic E-state index is 3.61. The summed E-state index contributed by atoms with van der Waals surface area (Å²) in [5.41, 5.74) is 4.48. The molecule has 0 amide bonds. The highest BCUT2D eigenvalue weighted by Gasteiger charge is 2.43. The third kappa shape index (κ3) is 1.11. The van der Waals surface area contributed by atoms with Crippen molar-refractivity contribution in [1.29, 1.82) is 0 Å². The molecule has 3 rings (SSSR count). The van der Waals surface area contributed by atoms with Gasteiger partial charge in [0, 0.05) is 13.6 Å². The number of aryl methyl sites for hydroxylation is 1. The Bertz CT molecular complexity index is 394. The Kier molecular flexibility index (Phi) is 1.76. The van der Waals surface area contributed by atoms with Crippen LogP contribution in [0.4, 0.5) is 11.4 Å². The molecule has 0 unspecified atom stereocenters. The van der Waals surface area contributed by atoms with E-state index in [4.69, 9.17) is 0 Å². The average Bonchev–Trinajstić information content (AvgIpc) is 2.17. The van der Waals surface area contributed by atoms with Crippen LogP contribution in [0.2, 0.25) is 0 Å². The molecule has 1 fully saturated rings. The van der Waals surface area contributed by atoms with Gasteiger partial charge in [0.2, 0.25) is 0 Å². The Morgan fingerprint density at radius 2 is 2.13 bits per heavy atom. The number of rotatable bonds is 0. The highest BCUT2D eigenvalue weighted by molar-refractivity contribution is 5.76. The van der Waals surface area contributed by atoms with E-state index in [0.717, 1.165) is 6.54 Å². The second-order valence-corrected chi connectivity index (χ2v) is 4.96. The number of para-hydroxylation sites is 1. The quantitative estimate of drug-likeness (QED) is 0.696. The highest BCUT2D eigenvalue weighted by Crippen LogP contribution is 2.45. The lowest BCUT2D eigenvalue weighted by Gasteiger charge is -2.53. The molecule has 0 bridgehead atoms. The van der Waals surface area contributed by atoms with Crippen molar-refractivity contribution < 1.29 is 0 Å². The number of fused-ring (bicyclic) bond motifs is 1. The second kappa shape index (κ2) is 2.91. The van der Waals surface area contributed by atoms with Crippen molar-refractivity contribution in [3.8, 4) is 0 Å². The molecule has 2 nitrogen and oxygen atoms in total. The molecule has 2 heteroatoms. The lowest BCUT2D eigenvalue weighted by atomic mass is 9.74. The van der Waals surface area contributed by atoms with Gasteiger partial charge in [0.25, 0.3) is 0 Å². The number of anilines is 2. The summed E-state index contributed by atoms with van der Waals surface area (Å²) >= 11 is 0. The lowest BCUT2D eigenvalue weighted by molar-refractivity contribution is 0.248. The highest BCUT2D eigenvalue weighted by atomic mass is 15.3.